The number of halogens is 3. The molecule has 0 N–H and O–H groups in total. The molecule has 4 aromatic heterocycles. The molecule has 4 heterocycles. The number of fused-ring (bicyclic) bond motifs is 1. The van der Waals surface area contributed by atoms with Crippen LogP contribution in [-0.2, 0) is 6.18 Å². The maximum absolute atomic E-state index is 13.0. The van der Waals surface area contributed by atoms with Gasteiger partial charge in [-0.2, -0.15) is 13.2 Å². The first-order chi connectivity index (χ1) is 11.5. The molecule has 0 radical (unpaired) electrons. The highest BCUT2D eigenvalue weighted by molar-refractivity contribution is 5.69. The first kappa shape index (κ1) is 14.5. The van der Waals surface area contributed by atoms with Gasteiger partial charge in [0.2, 0.25) is 0 Å². The van der Waals surface area contributed by atoms with Gasteiger partial charge < -0.3 is 4.42 Å². The Bertz CT molecular complexity index is 1000. The third-order valence-corrected chi connectivity index (χ3v) is 3.71. The average Bonchev–Trinajstić information content (AvgIpc) is 3.23. The van der Waals surface area contributed by atoms with Crippen molar-refractivity contribution < 1.29 is 17.6 Å². The molecule has 4 rings (SSSR count). The number of hydrogen-bond acceptors (Lipinski definition) is 3. The molecule has 7 heteroatoms. The second-order valence-corrected chi connectivity index (χ2v) is 5.23. The van der Waals surface area contributed by atoms with Crippen LogP contribution >= 0.6 is 0 Å². The van der Waals surface area contributed by atoms with Crippen molar-refractivity contribution >= 4 is 5.65 Å². The van der Waals surface area contributed by atoms with Gasteiger partial charge in [-0.1, -0.05) is 0 Å². The van der Waals surface area contributed by atoms with Crippen LogP contribution in [0.15, 0.2) is 65.9 Å². The van der Waals surface area contributed by atoms with Gasteiger partial charge in [0.15, 0.2) is 0 Å². The number of imidazole rings is 1. The Kier molecular flexibility index (Phi) is 3.16. The van der Waals surface area contributed by atoms with E-state index in [9.17, 15) is 13.2 Å². The summed E-state index contributed by atoms with van der Waals surface area (Å²) in [6.45, 7) is 0. The van der Waals surface area contributed by atoms with Crippen LogP contribution in [0.4, 0.5) is 13.2 Å². The van der Waals surface area contributed by atoms with E-state index in [1.54, 1.807) is 36.9 Å². The van der Waals surface area contributed by atoms with E-state index >= 15 is 0 Å². The molecule has 0 saturated carbocycles. The SMILES string of the molecule is FC(F)(F)c1ccc2ncc(-c3ccnc(-c4ccoc4)c3)n2c1. The smallest absolute Gasteiger partial charge is 0.417 e. The first-order valence-corrected chi connectivity index (χ1v) is 7.06. The molecule has 0 spiro atoms. The van der Waals surface area contributed by atoms with E-state index in [2.05, 4.69) is 9.97 Å². The van der Waals surface area contributed by atoms with Crippen molar-refractivity contribution in [3.05, 3.63) is 67.0 Å². The van der Waals surface area contributed by atoms with Gasteiger partial charge in [-0.05, 0) is 30.3 Å². The van der Waals surface area contributed by atoms with Gasteiger partial charge in [-0.25, -0.2) is 4.98 Å². The lowest BCUT2D eigenvalue weighted by Crippen LogP contribution is -2.06. The molecule has 4 nitrogen and oxygen atoms in total. The predicted octanol–water partition coefficient (Wildman–Crippen LogP) is 4.68. The predicted molar refractivity (Wildman–Crippen MR) is 81.1 cm³/mol. The van der Waals surface area contributed by atoms with E-state index in [1.165, 1.54) is 16.7 Å². The maximum Gasteiger partial charge on any atom is 0.417 e. The Morgan fingerprint density at radius 1 is 1.00 bits per heavy atom. The summed E-state index contributed by atoms with van der Waals surface area (Å²) in [6, 6.07) is 7.66. The molecule has 0 unspecified atom stereocenters. The largest absolute Gasteiger partial charge is 0.472 e. The summed E-state index contributed by atoms with van der Waals surface area (Å²) in [5, 5.41) is 0. The fourth-order valence-corrected chi connectivity index (χ4v) is 2.52. The summed E-state index contributed by atoms with van der Waals surface area (Å²) in [5.74, 6) is 0. The fourth-order valence-electron chi connectivity index (χ4n) is 2.52. The molecule has 120 valence electrons. The standard InChI is InChI=1S/C17H10F3N3O/c18-17(19,20)13-1-2-16-22-8-15(23(16)9-13)11-3-5-21-14(7-11)12-4-6-24-10-12/h1-10H. The second-order valence-electron chi connectivity index (χ2n) is 5.23. The van der Waals surface area contributed by atoms with Gasteiger partial charge in [0.25, 0.3) is 0 Å². The molecule has 0 bridgehead atoms. The molecular formula is C17H10F3N3O. The zero-order valence-electron chi connectivity index (χ0n) is 12.2. The Morgan fingerprint density at radius 2 is 1.88 bits per heavy atom. The number of pyridine rings is 2. The molecular weight excluding hydrogens is 319 g/mol. The van der Waals surface area contributed by atoms with Gasteiger partial charge in [0.05, 0.1) is 35.7 Å². The average molecular weight is 329 g/mol. The van der Waals surface area contributed by atoms with Gasteiger partial charge in [0.1, 0.15) is 5.65 Å². The number of alkyl halides is 3. The lowest BCUT2D eigenvalue weighted by Gasteiger charge is -2.09. The zero-order chi connectivity index (χ0) is 16.7. The first-order valence-electron chi connectivity index (χ1n) is 7.06. The minimum Gasteiger partial charge on any atom is -0.472 e. The molecule has 0 aliphatic carbocycles. The van der Waals surface area contributed by atoms with Crippen LogP contribution in [0, 0.1) is 0 Å². The molecule has 0 amide bonds. The van der Waals surface area contributed by atoms with Crippen molar-refractivity contribution in [3.63, 3.8) is 0 Å². The van der Waals surface area contributed by atoms with Crippen molar-refractivity contribution in [1.29, 1.82) is 0 Å². The lowest BCUT2D eigenvalue weighted by molar-refractivity contribution is -0.137. The minimum absolute atomic E-state index is 0.444. The van der Waals surface area contributed by atoms with Gasteiger partial charge >= 0.3 is 6.18 Å². The van der Waals surface area contributed by atoms with Crippen molar-refractivity contribution in [1.82, 2.24) is 14.4 Å². The molecule has 0 aromatic carbocycles. The van der Waals surface area contributed by atoms with Crippen LogP contribution in [0.25, 0.3) is 28.2 Å². The Balaban J connectivity index is 1.86. The Labute approximate surface area is 134 Å². The normalized spacial score (nSPS) is 12.0. The summed E-state index contributed by atoms with van der Waals surface area (Å²) in [5.41, 5.74) is 2.46. The summed E-state index contributed by atoms with van der Waals surface area (Å²) < 4.78 is 45.3. The van der Waals surface area contributed by atoms with E-state index < -0.39 is 11.7 Å². The molecule has 0 fully saturated rings. The van der Waals surface area contributed by atoms with Crippen LogP contribution in [0.2, 0.25) is 0 Å². The van der Waals surface area contributed by atoms with Crippen LogP contribution in [0.1, 0.15) is 5.56 Å². The van der Waals surface area contributed by atoms with Crippen molar-refractivity contribution in [2.45, 2.75) is 6.18 Å². The summed E-state index contributed by atoms with van der Waals surface area (Å²) in [4.78, 5) is 8.43. The van der Waals surface area contributed by atoms with Gasteiger partial charge in [-0.3, -0.25) is 9.38 Å². The number of hydrogen-bond donors (Lipinski definition) is 0. The van der Waals surface area contributed by atoms with Crippen molar-refractivity contribution in [2.24, 2.45) is 0 Å². The molecule has 0 atom stereocenters. The van der Waals surface area contributed by atoms with Crippen LogP contribution < -0.4 is 0 Å². The number of rotatable bonds is 2. The number of nitrogens with zero attached hydrogens (tertiary/aromatic N) is 3. The second kappa shape index (κ2) is 5.23. The highest BCUT2D eigenvalue weighted by Gasteiger charge is 2.31. The van der Waals surface area contributed by atoms with E-state index in [0.717, 1.165) is 17.8 Å². The van der Waals surface area contributed by atoms with Gasteiger partial charge in [-0.15, -0.1) is 0 Å². The quantitative estimate of drug-likeness (QED) is 0.536. The minimum atomic E-state index is -4.41. The van der Waals surface area contributed by atoms with Crippen molar-refractivity contribution in [3.8, 4) is 22.5 Å². The van der Waals surface area contributed by atoms with E-state index in [0.29, 0.717) is 22.6 Å². The summed E-state index contributed by atoms with van der Waals surface area (Å²) >= 11 is 0. The highest BCUT2D eigenvalue weighted by atomic mass is 19.4. The van der Waals surface area contributed by atoms with Crippen molar-refractivity contribution in [2.75, 3.05) is 0 Å². The molecule has 4 aromatic rings. The summed E-state index contributed by atoms with van der Waals surface area (Å²) in [7, 11) is 0. The third kappa shape index (κ3) is 2.44. The van der Waals surface area contributed by atoms with Crippen LogP contribution in [-0.4, -0.2) is 14.4 Å². The van der Waals surface area contributed by atoms with E-state index in [-0.39, 0.29) is 0 Å². The molecule has 0 saturated heterocycles. The maximum atomic E-state index is 13.0. The monoisotopic (exact) mass is 329 g/mol. The third-order valence-electron chi connectivity index (χ3n) is 3.71. The van der Waals surface area contributed by atoms with E-state index in [4.69, 9.17) is 4.42 Å². The molecule has 0 aliphatic heterocycles. The number of furan rings is 1. The Morgan fingerprint density at radius 3 is 2.62 bits per heavy atom. The number of aromatic nitrogens is 3. The zero-order valence-corrected chi connectivity index (χ0v) is 12.2. The topological polar surface area (TPSA) is 43.3 Å². The molecule has 0 aliphatic rings. The van der Waals surface area contributed by atoms with Crippen LogP contribution in [0.5, 0.6) is 0 Å². The van der Waals surface area contributed by atoms with Gasteiger partial charge in [0, 0.05) is 23.5 Å². The molecule has 24 heavy (non-hydrogen) atoms. The van der Waals surface area contributed by atoms with Crippen LogP contribution in [0.3, 0.4) is 0 Å². The summed E-state index contributed by atoms with van der Waals surface area (Å²) in [6.07, 6.45) is 2.88. The van der Waals surface area contributed by atoms with E-state index in [1.807, 2.05) is 0 Å². The highest BCUT2D eigenvalue weighted by Crippen LogP contribution is 2.31. The lowest BCUT2D eigenvalue weighted by atomic mass is 10.1. The fraction of sp³-hybridized carbons (Fsp3) is 0.0588. The Hall–Kier alpha value is -3.09.